The Morgan fingerprint density at radius 1 is 1.75 bits per heavy atom. The Morgan fingerprint density at radius 2 is 2.50 bits per heavy atom. The molecule has 0 unspecified atom stereocenters. The Hall–Kier alpha value is -0.500. The van der Waals surface area contributed by atoms with E-state index in [0.717, 1.165) is 0 Å². The van der Waals surface area contributed by atoms with Gasteiger partial charge in [-0.25, -0.2) is 4.39 Å². The standard InChI is InChI=1S/C5H4ClFO/c6-4-1-5(7)3-8-2-4/h1-2H,3H2. The molecule has 1 aliphatic rings. The van der Waals surface area contributed by atoms with Crippen molar-refractivity contribution in [1.82, 2.24) is 0 Å². The first kappa shape index (κ1) is 5.63. The van der Waals surface area contributed by atoms with Gasteiger partial charge in [0.25, 0.3) is 0 Å². The zero-order valence-corrected chi connectivity index (χ0v) is 4.78. The second-order valence-electron chi connectivity index (χ2n) is 1.40. The zero-order valence-electron chi connectivity index (χ0n) is 4.03. The van der Waals surface area contributed by atoms with E-state index < -0.39 is 0 Å². The number of hydrogen-bond acceptors (Lipinski definition) is 1. The molecular weight excluding hydrogens is 131 g/mol. The summed E-state index contributed by atoms with van der Waals surface area (Å²) in [6.07, 6.45) is 2.54. The van der Waals surface area contributed by atoms with Crippen molar-refractivity contribution >= 4 is 11.6 Å². The molecule has 0 amide bonds. The van der Waals surface area contributed by atoms with Crippen LogP contribution in [-0.4, -0.2) is 6.61 Å². The van der Waals surface area contributed by atoms with Crippen LogP contribution in [0, 0.1) is 0 Å². The highest BCUT2D eigenvalue weighted by atomic mass is 35.5. The molecule has 0 atom stereocenters. The van der Waals surface area contributed by atoms with E-state index in [2.05, 4.69) is 4.74 Å². The average molecular weight is 135 g/mol. The largest absolute Gasteiger partial charge is 0.493 e. The van der Waals surface area contributed by atoms with Crippen molar-refractivity contribution in [2.24, 2.45) is 0 Å². The van der Waals surface area contributed by atoms with Crippen molar-refractivity contribution in [3.05, 3.63) is 23.2 Å². The molecule has 0 bridgehead atoms. The van der Waals surface area contributed by atoms with Gasteiger partial charge in [-0.1, -0.05) is 11.6 Å². The van der Waals surface area contributed by atoms with Crippen LogP contribution in [0.1, 0.15) is 0 Å². The normalized spacial score (nSPS) is 18.8. The highest BCUT2D eigenvalue weighted by Gasteiger charge is 2.00. The summed E-state index contributed by atoms with van der Waals surface area (Å²) >= 11 is 5.33. The highest BCUT2D eigenvalue weighted by Crippen LogP contribution is 2.13. The van der Waals surface area contributed by atoms with E-state index in [0.29, 0.717) is 5.03 Å². The van der Waals surface area contributed by atoms with Gasteiger partial charge in [-0.2, -0.15) is 0 Å². The van der Waals surface area contributed by atoms with Gasteiger partial charge in [0.15, 0.2) is 0 Å². The van der Waals surface area contributed by atoms with Crippen molar-refractivity contribution < 1.29 is 9.13 Å². The number of ether oxygens (including phenoxy) is 1. The molecular formula is C5H4ClFO. The molecule has 1 heterocycles. The van der Waals surface area contributed by atoms with Crippen LogP contribution in [-0.2, 0) is 4.74 Å². The molecule has 1 nitrogen and oxygen atoms in total. The molecule has 0 aromatic rings. The fourth-order valence-corrected chi connectivity index (χ4v) is 0.608. The van der Waals surface area contributed by atoms with Crippen molar-refractivity contribution in [2.75, 3.05) is 6.61 Å². The first-order valence-electron chi connectivity index (χ1n) is 2.12. The van der Waals surface area contributed by atoms with Crippen LogP contribution in [0.2, 0.25) is 0 Å². The monoisotopic (exact) mass is 134 g/mol. The molecule has 1 aliphatic heterocycles. The fourth-order valence-electron chi connectivity index (χ4n) is 0.426. The summed E-state index contributed by atoms with van der Waals surface area (Å²) in [6.45, 7) is 0.0101. The first-order valence-corrected chi connectivity index (χ1v) is 2.50. The smallest absolute Gasteiger partial charge is 0.139 e. The number of allylic oxidation sites excluding steroid dienone is 2. The lowest BCUT2D eigenvalue weighted by molar-refractivity contribution is 0.249. The molecule has 3 heteroatoms. The third-order valence-corrected chi connectivity index (χ3v) is 0.910. The average Bonchev–Trinajstić information content (AvgIpc) is 1.64. The van der Waals surface area contributed by atoms with E-state index in [9.17, 15) is 4.39 Å². The molecule has 0 spiro atoms. The SMILES string of the molecule is FC1=CC(Cl)=COC1. The minimum Gasteiger partial charge on any atom is -0.493 e. The molecule has 44 valence electrons. The maximum absolute atomic E-state index is 12.0. The summed E-state index contributed by atoms with van der Waals surface area (Å²) < 4.78 is 16.6. The van der Waals surface area contributed by atoms with Gasteiger partial charge in [-0.05, 0) is 6.08 Å². The van der Waals surface area contributed by atoms with Gasteiger partial charge in [-0.15, -0.1) is 0 Å². The van der Waals surface area contributed by atoms with E-state index in [1.54, 1.807) is 0 Å². The lowest BCUT2D eigenvalue weighted by Gasteiger charge is -2.02. The topological polar surface area (TPSA) is 9.23 Å². The molecule has 0 fully saturated rings. The van der Waals surface area contributed by atoms with Gasteiger partial charge in [0.2, 0.25) is 0 Å². The first-order chi connectivity index (χ1) is 3.79. The predicted octanol–water partition coefficient (Wildman–Crippen LogP) is 1.95. The number of halogens is 2. The summed E-state index contributed by atoms with van der Waals surface area (Å²) in [4.78, 5) is 0. The van der Waals surface area contributed by atoms with Crippen LogP contribution in [0.25, 0.3) is 0 Å². The maximum atomic E-state index is 12.0. The van der Waals surface area contributed by atoms with Crippen molar-refractivity contribution in [2.45, 2.75) is 0 Å². The van der Waals surface area contributed by atoms with E-state index >= 15 is 0 Å². The summed E-state index contributed by atoms with van der Waals surface area (Å²) in [5.74, 6) is -0.336. The van der Waals surface area contributed by atoms with E-state index in [1.807, 2.05) is 0 Å². The van der Waals surface area contributed by atoms with Crippen LogP contribution < -0.4 is 0 Å². The molecule has 8 heavy (non-hydrogen) atoms. The van der Waals surface area contributed by atoms with E-state index in [4.69, 9.17) is 11.6 Å². The molecule has 1 rings (SSSR count). The van der Waals surface area contributed by atoms with Gasteiger partial charge in [0, 0.05) is 0 Å². The number of hydrogen-bond donors (Lipinski definition) is 0. The fraction of sp³-hybridized carbons (Fsp3) is 0.200. The van der Waals surface area contributed by atoms with Crippen molar-refractivity contribution in [3.63, 3.8) is 0 Å². The Morgan fingerprint density at radius 3 is 2.88 bits per heavy atom. The van der Waals surface area contributed by atoms with Crippen molar-refractivity contribution in [3.8, 4) is 0 Å². The van der Waals surface area contributed by atoms with E-state index in [-0.39, 0.29) is 12.4 Å². The zero-order chi connectivity index (χ0) is 5.98. The van der Waals surface area contributed by atoms with E-state index in [1.165, 1.54) is 12.3 Å². The summed E-state index contributed by atoms with van der Waals surface area (Å²) in [5.41, 5.74) is 0. The molecule has 0 aliphatic carbocycles. The Kier molecular flexibility index (Phi) is 1.53. The van der Waals surface area contributed by atoms with Crippen LogP contribution in [0.4, 0.5) is 4.39 Å². The molecule has 0 N–H and O–H groups in total. The summed E-state index contributed by atoms with van der Waals surface area (Å²) in [6, 6.07) is 0. The number of rotatable bonds is 0. The van der Waals surface area contributed by atoms with Gasteiger partial charge in [0.1, 0.15) is 18.7 Å². The van der Waals surface area contributed by atoms with Crippen molar-refractivity contribution in [1.29, 1.82) is 0 Å². The van der Waals surface area contributed by atoms with Crippen LogP contribution in [0.3, 0.4) is 0 Å². The molecule has 0 aromatic carbocycles. The third kappa shape index (κ3) is 1.23. The highest BCUT2D eigenvalue weighted by molar-refractivity contribution is 6.31. The van der Waals surface area contributed by atoms with Crippen LogP contribution in [0.5, 0.6) is 0 Å². The van der Waals surface area contributed by atoms with Gasteiger partial charge < -0.3 is 4.74 Å². The van der Waals surface area contributed by atoms with Gasteiger partial charge in [-0.3, -0.25) is 0 Å². The summed E-state index contributed by atoms with van der Waals surface area (Å²) in [7, 11) is 0. The van der Waals surface area contributed by atoms with Gasteiger partial charge in [0.05, 0.1) is 5.03 Å². The van der Waals surface area contributed by atoms with Crippen LogP contribution in [0.15, 0.2) is 23.2 Å². The minimum absolute atomic E-state index is 0.0101. The Bertz CT molecular complexity index is 151. The molecule has 0 saturated heterocycles. The lowest BCUT2D eigenvalue weighted by Crippen LogP contribution is -1.93. The quantitative estimate of drug-likeness (QED) is 0.492. The minimum atomic E-state index is -0.336. The Labute approximate surface area is 51.4 Å². The van der Waals surface area contributed by atoms with Gasteiger partial charge >= 0.3 is 0 Å². The maximum Gasteiger partial charge on any atom is 0.139 e. The lowest BCUT2D eigenvalue weighted by atomic mass is 10.4. The predicted molar refractivity (Wildman–Crippen MR) is 29.1 cm³/mol. The van der Waals surface area contributed by atoms with Crippen LogP contribution >= 0.6 is 11.6 Å². The molecule has 0 radical (unpaired) electrons. The molecule has 0 saturated carbocycles. The molecule has 0 aromatic heterocycles. The third-order valence-electron chi connectivity index (χ3n) is 0.712. The summed E-state index contributed by atoms with van der Waals surface area (Å²) in [5, 5.41) is 0.300. The Balaban J connectivity index is 2.69. The second-order valence-corrected chi connectivity index (χ2v) is 1.84. The second kappa shape index (κ2) is 2.18.